The fourth-order valence-electron chi connectivity index (χ4n) is 1.95. The second-order valence-corrected chi connectivity index (χ2v) is 4.81. The van der Waals surface area contributed by atoms with Crippen LogP contribution in [0.3, 0.4) is 0 Å². The Morgan fingerprint density at radius 3 is 2.58 bits per heavy atom. The van der Waals surface area contributed by atoms with Crippen molar-refractivity contribution in [1.29, 1.82) is 0 Å². The quantitative estimate of drug-likeness (QED) is 0.694. The maximum Gasteiger partial charge on any atom is 0.00791 e. The van der Waals surface area contributed by atoms with Crippen LogP contribution in [0.15, 0.2) is 0 Å². The molecular weight excluding hydrogens is 148 g/mol. The molecule has 0 radical (unpaired) electrons. The van der Waals surface area contributed by atoms with Crippen LogP contribution in [0.5, 0.6) is 0 Å². The van der Waals surface area contributed by atoms with E-state index in [0.717, 1.165) is 13.0 Å². The van der Waals surface area contributed by atoms with Crippen molar-refractivity contribution in [3.8, 4) is 0 Å². The maximum atomic E-state index is 5.54. The molecule has 0 amide bonds. The van der Waals surface area contributed by atoms with Gasteiger partial charge in [-0.05, 0) is 38.3 Å². The van der Waals surface area contributed by atoms with Gasteiger partial charge < -0.3 is 10.6 Å². The van der Waals surface area contributed by atoms with Crippen molar-refractivity contribution in [1.82, 2.24) is 4.90 Å². The summed E-state index contributed by atoms with van der Waals surface area (Å²) in [6.07, 6.45) is 2.47. The molecule has 1 unspecified atom stereocenters. The van der Waals surface area contributed by atoms with Gasteiger partial charge in [0.15, 0.2) is 0 Å². The average Bonchev–Trinajstić information content (AvgIpc) is 2.31. The third kappa shape index (κ3) is 2.46. The van der Waals surface area contributed by atoms with Crippen LogP contribution in [-0.4, -0.2) is 30.6 Å². The highest BCUT2D eigenvalue weighted by molar-refractivity contribution is 4.85. The van der Waals surface area contributed by atoms with Gasteiger partial charge in [0, 0.05) is 12.6 Å². The zero-order chi connectivity index (χ0) is 9.19. The van der Waals surface area contributed by atoms with Gasteiger partial charge in [-0.2, -0.15) is 0 Å². The third-order valence-corrected chi connectivity index (χ3v) is 2.91. The fourth-order valence-corrected chi connectivity index (χ4v) is 1.95. The molecule has 2 nitrogen and oxygen atoms in total. The summed E-state index contributed by atoms with van der Waals surface area (Å²) < 4.78 is 0. The van der Waals surface area contributed by atoms with Crippen LogP contribution in [0.4, 0.5) is 0 Å². The van der Waals surface area contributed by atoms with Crippen LogP contribution < -0.4 is 5.73 Å². The molecule has 1 saturated heterocycles. The van der Waals surface area contributed by atoms with Gasteiger partial charge in [-0.3, -0.25) is 0 Å². The van der Waals surface area contributed by atoms with Gasteiger partial charge in [-0.25, -0.2) is 0 Å². The molecule has 0 spiro atoms. The van der Waals surface area contributed by atoms with E-state index in [0.29, 0.717) is 11.5 Å². The van der Waals surface area contributed by atoms with Crippen LogP contribution in [0, 0.1) is 5.41 Å². The maximum absolute atomic E-state index is 5.54. The summed E-state index contributed by atoms with van der Waals surface area (Å²) in [5, 5.41) is 0. The lowest BCUT2D eigenvalue weighted by atomic mass is 9.93. The Morgan fingerprint density at radius 1 is 1.50 bits per heavy atom. The first-order valence-electron chi connectivity index (χ1n) is 4.99. The highest BCUT2D eigenvalue weighted by Gasteiger charge is 2.31. The van der Waals surface area contributed by atoms with Gasteiger partial charge in [-0.1, -0.05) is 13.8 Å². The standard InChI is InChI=1S/C10H22N2/c1-9(4-6-11)12-7-5-10(2,3)8-12/h9H,4-8,11H2,1-3H3. The van der Waals surface area contributed by atoms with E-state index in [-0.39, 0.29) is 0 Å². The van der Waals surface area contributed by atoms with E-state index in [1.54, 1.807) is 0 Å². The fraction of sp³-hybridized carbons (Fsp3) is 1.00. The van der Waals surface area contributed by atoms with Gasteiger partial charge >= 0.3 is 0 Å². The number of nitrogens with two attached hydrogens (primary N) is 1. The van der Waals surface area contributed by atoms with E-state index in [9.17, 15) is 0 Å². The van der Waals surface area contributed by atoms with Crippen LogP contribution in [0.2, 0.25) is 0 Å². The molecule has 2 N–H and O–H groups in total. The Bertz CT molecular complexity index is 143. The normalized spacial score (nSPS) is 26.0. The summed E-state index contributed by atoms with van der Waals surface area (Å²) in [5.74, 6) is 0. The lowest BCUT2D eigenvalue weighted by Gasteiger charge is -2.25. The zero-order valence-corrected chi connectivity index (χ0v) is 8.64. The van der Waals surface area contributed by atoms with E-state index in [2.05, 4.69) is 25.7 Å². The highest BCUT2D eigenvalue weighted by Crippen LogP contribution is 2.30. The molecule has 1 rings (SSSR count). The van der Waals surface area contributed by atoms with Crippen molar-refractivity contribution in [3.63, 3.8) is 0 Å². The summed E-state index contributed by atoms with van der Waals surface area (Å²) in [4.78, 5) is 2.56. The molecule has 1 aliphatic rings. The molecule has 0 aromatic carbocycles. The topological polar surface area (TPSA) is 29.3 Å². The van der Waals surface area contributed by atoms with E-state index >= 15 is 0 Å². The van der Waals surface area contributed by atoms with Crippen LogP contribution in [-0.2, 0) is 0 Å². The van der Waals surface area contributed by atoms with E-state index in [4.69, 9.17) is 5.73 Å². The number of likely N-dealkylation sites (tertiary alicyclic amines) is 1. The molecule has 12 heavy (non-hydrogen) atoms. The van der Waals surface area contributed by atoms with Crippen molar-refractivity contribution < 1.29 is 0 Å². The Kier molecular flexibility index (Phi) is 3.13. The summed E-state index contributed by atoms with van der Waals surface area (Å²) in [6, 6.07) is 0.678. The monoisotopic (exact) mass is 170 g/mol. The molecule has 0 bridgehead atoms. The first-order valence-corrected chi connectivity index (χ1v) is 4.99. The summed E-state index contributed by atoms with van der Waals surface area (Å²) in [5.41, 5.74) is 6.07. The second kappa shape index (κ2) is 3.75. The number of nitrogens with zero attached hydrogens (tertiary/aromatic N) is 1. The Balaban J connectivity index is 2.36. The zero-order valence-electron chi connectivity index (χ0n) is 8.64. The minimum atomic E-state index is 0.531. The van der Waals surface area contributed by atoms with E-state index in [1.807, 2.05) is 0 Å². The highest BCUT2D eigenvalue weighted by atomic mass is 15.2. The average molecular weight is 170 g/mol. The largest absolute Gasteiger partial charge is 0.330 e. The summed E-state index contributed by atoms with van der Waals surface area (Å²) in [6.45, 7) is 10.3. The van der Waals surface area contributed by atoms with Crippen molar-refractivity contribution in [2.24, 2.45) is 11.1 Å². The first kappa shape index (κ1) is 10.0. The molecule has 0 aromatic heterocycles. The molecule has 0 aromatic rings. The predicted molar refractivity (Wildman–Crippen MR) is 53.1 cm³/mol. The first-order chi connectivity index (χ1) is 5.55. The lowest BCUT2D eigenvalue weighted by molar-refractivity contribution is 0.222. The number of hydrogen-bond acceptors (Lipinski definition) is 2. The van der Waals surface area contributed by atoms with Crippen LogP contribution >= 0.6 is 0 Å². The van der Waals surface area contributed by atoms with Gasteiger partial charge in [-0.15, -0.1) is 0 Å². The molecule has 1 fully saturated rings. The summed E-state index contributed by atoms with van der Waals surface area (Å²) >= 11 is 0. The molecule has 72 valence electrons. The molecule has 2 heteroatoms. The number of hydrogen-bond donors (Lipinski definition) is 1. The molecule has 0 aliphatic carbocycles. The van der Waals surface area contributed by atoms with Crippen LogP contribution in [0.1, 0.15) is 33.6 Å². The molecule has 0 saturated carbocycles. The molecular formula is C10H22N2. The predicted octanol–water partition coefficient (Wildman–Crippen LogP) is 1.46. The van der Waals surface area contributed by atoms with Crippen molar-refractivity contribution >= 4 is 0 Å². The van der Waals surface area contributed by atoms with Gasteiger partial charge in [0.1, 0.15) is 0 Å². The van der Waals surface area contributed by atoms with Gasteiger partial charge in [0.05, 0.1) is 0 Å². The molecule has 1 atom stereocenters. The second-order valence-electron chi connectivity index (χ2n) is 4.81. The Hall–Kier alpha value is -0.0800. The van der Waals surface area contributed by atoms with Gasteiger partial charge in [0.2, 0.25) is 0 Å². The Labute approximate surface area is 76.1 Å². The summed E-state index contributed by atoms with van der Waals surface area (Å²) in [7, 11) is 0. The molecule has 1 aliphatic heterocycles. The lowest BCUT2D eigenvalue weighted by Crippen LogP contribution is -2.33. The third-order valence-electron chi connectivity index (χ3n) is 2.91. The smallest absolute Gasteiger partial charge is 0.00791 e. The number of rotatable bonds is 3. The van der Waals surface area contributed by atoms with E-state index < -0.39 is 0 Å². The minimum Gasteiger partial charge on any atom is -0.330 e. The Morgan fingerprint density at radius 2 is 2.17 bits per heavy atom. The van der Waals surface area contributed by atoms with Crippen molar-refractivity contribution in [2.45, 2.75) is 39.7 Å². The van der Waals surface area contributed by atoms with Crippen molar-refractivity contribution in [2.75, 3.05) is 19.6 Å². The van der Waals surface area contributed by atoms with Crippen molar-refractivity contribution in [3.05, 3.63) is 0 Å². The van der Waals surface area contributed by atoms with E-state index in [1.165, 1.54) is 19.5 Å². The molecule has 1 heterocycles. The van der Waals surface area contributed by atoms with Crippen LogP contribution in [0.25, 0.3) is 0 Å². The minimum absolute atomic E-state index is 0.531. The van der Waals surface area contributed by atoms with Gasteiger partial charge in [0.25, 0.3) is 0 Å². The SMILES string of the molecule is CC(CCN)N1CCC(C)(C)C1.